The quantitative estimate of drug-likeness (QED) is 0.0133. The van der Waals surface area contributed by atoms with E-state index in [1.165, 1.54) is 11.8 Å². The monoisotopic (exact) mass is 1820 g/mol. The van der Waals surface area contributed by atoms with Crippen LogP contribution in [0.5, 0.6) is 0 Å². The molecule has 9 heterocycles. The smallest absolute Gasteiger partial charge is 1.00 e. The van der Waals surface area contributed by atoms with Gasteiger partial charge in [-0.25, -0.2) is 5.90 Å². The predicted molar refractivity (Wildman–Crippen MR) is 541 cm³/mol. The molecule has 0 atom stereocenters. The number of nitrogens with one attached hydrogen (secondary N) is 3. The van der Waals surface area contributed by atoms with Gasteiger partial charge in [-0.3, -0.25) is 53.5 Å². The van der Waals surface area contributed by atoms with Crippen molar-refractivity contribution >= 4 is 136 Å². The third kappa shape index (κ3) is 24.0. The van der Waals surface area contributed by atoms with Gasteiger partial charge >= 0.3 is 29.6 Å². The molecule has 9 aromatic heterocycles. The Bertz CT molecular complexity index is 7560. The van der Waals surface area contributed by atoms with Crippen LogP contribution in [0.4, 0.5) is 28.6 Å². The van der Waals surface area contributed by atoms with Crippen LogP contribution in [0, 0.1) is 55.4 Å². The summed E-state index contributed by atoms with van der Waals surface area (Å²) in [5.41, 5.74) is 22.6. The summed E-state index contributed by atoms with van der Waals surface area (Å²) in [7, 11) is 7.14. The maximum Gasteiger partial charge on any atom is 1.00 e. The van der Waals surface area contributed by atoms with Crippen LogP contribution in [0.15, 0.2) is 313 Å². The zero-order valence-electron chi connectivity index (χ0n) is 76.8. The third-order valence-corrected chi connectivity index (χ3v) is 22.8. The Labute approximate surface area is 803 Å². The van der Waals surface area contributed by atoms with Gasteiger partial charge in [0.15, 0.2) is 28.9 Å². The number of benzene rings is 8. The number of thioether (sulfide) groups is 1. The van der Waals surface area contributed by atoms with Gasteiger partial charge in [-0.1, -0.05) is 163 Å². The molecular weight excluding hydrogens is 1720 g/mol. The van der Waals surface area contributed by atoms with Crippen molar-refractivity contribution in [3.8, 4) is 55.8 Å². The Hall–Kier alpha value is -14.3. The van der Waals surface area contributed by atoms with Crippen LogP contribution in [0.25, 0.3) is 99.4 Å². The summed E-state index contributed by atoms with van der Waals surface area (Å²) in [4.78, 5) is 110. The average Bonchev–Trinajstić information content (AvgIpc) is 0.826. The fourth-order valence-electron chi connectivity index (χ4n) is 14.7. The van der Waals surface area contributed by atoms with Crippen LogP contribution in [0.3, 0.4) is 0 Å². The molecule has 17 aromatic rings. The zero-order chi connectivity index (χ0) is 93.9. The van der Waals surface area contributed by atoms with E-state index in [9.17, 15) is 33.6 Å². The van der Waals surface area contributed by atoms with Crippen molar-refractivity contribution in [2.24, 2.45) is 39.1 Å². The molecule has 0 amide bonds. The average molecular weight is 1820 g/mol. The zero-order valence-corrected chi connectivity index (χ0v) is 80.2. The Balaban J connectivity index is 0.000000193. The van der Waals surface area contributed by atoms with E-state index >= 15 is 0 Å². The van der Waals surface area contributed by atoms with Crippen molar-refractivity contribution in [1.29, 1.82) is 0 Å². The number of aliphatic imine (C=N–C) groups is 1. The number of aromatic nitrogens is 9. The number of fused-ring (bicyclic) bond motifs is 4. The normalized spacial score (nSPS) is 10.7. The maximum absolute atomic E-state index is 13.2. The molecule has 0 radical (unpaired) electrons. The number of aryl methyl sites for hydroxylation is 12. The summed E-state index contributed by atoms with van der Waals surface area (Å²) in [6.07, 6.45) is 10.8. The van der Waals surface area contributed by atoms with E-state index < -0.39 is 0 Å². The van der Waals surface area contributed by atoms with Gasteiger partial charge in [0.1, 0.15) is 0 Å². The number of thiocarbonyl (C=S) groups is 2. The van der Waals surface area contributed by atoms with E-state index in [-0.39, 0.29) is 78.4 Å². The van der Waals surface area contributed by atoms with E-state index in [1.807, 2.05) is 292 Å². The SMILES string of the molecule is CC(=O)c1ccccc1.CS/C(=C\C(=O)c1ccccc1)Nc1ccc(C)c(-c2cc3cnc(C)cc3n(C)c2=O)c1.Cc1cc2c(cn1)cc(-c1cc(N=C=S)ccc1C)c(=O)n2C.Cc1cc2c(cn1)cc(-c1cc(NC(=S)CC(=O)c3ccccc3)ccc1C)c(=O)n2C.Cc1cc2c(cn1)cc(-c1cc(Nc3cc(-c4ccccc4)on3)ccc1C)c(=O)n2C.NO.[2HH].[H-].[Na+]. The molecule has 23 nitrogen and oxygen atoms in total. The van der Waals surface area contributed by atoms with Crippen LogP contribution >= 0.6 is 36.2 Å². The summed E-state index contributed by atoms with van der Waals surface area (Å²) in [5.74, 6) is 4.81. The second-order valence-corrected chi connectivity index (χ2v) is 32.6. The van der Waals surface area contributed by atoms with Crippen molar-refractivity contribution in [3.63, 3.8) is 0 Å². The molecule has 17 rings (SSSR count). The van der Waals surface area contributed by atoms with Crippen LogP contribution in [-0.4, -0.2) is 82.3 Å². The first-order valence-electron chi connectivity index (χ1n) is 41.5. The topological polar surface area (TPSA) is 312 Å². The third-order valence-electron chi connectivity index (χ3n) is 21.8. The molecule has 6 N–H and O–H groups in total. The molecule has 0 unspecified atom stereocenters. The minimum Gasteiger partial charge on any atom is -1.00 e. The van der Waals surface area contributed by atoms with E-state index in [2.05, 4.69) is 69.3 Å². The molecule has 0 spiro atoms. The molecule has 132 heavy (non-hydrogen) atoms. The van der Waals surface area contributed by atoms with Crippen molar-refractivity contribution in [1.82, 2.24) is 43.4 Å². The Morgan fingerprint density at radius 3 is 1.19 bits per heavy atom. The first-order chi connectivity index (χ1) is 63.0. The molecule has 0 aliphatic heterocycles. The van der Waals surface area contributed by atoms with Crippen molar-refractivity contribution < 1.29 is 56.5 Å². The molecule has 27 heteroatoms. The summed E-state index contributed by atoms with van der Waals surface area (Å²) in [6.45, 7) is 17.1. The molecule has 0 aliphatic rings. The van der Waals surface area contributed by atoms with Gasteiger partial charge in [0.05, 0.1) is 49.4 Å². The van der Waals surface area contributed by atoms with Gasteiger partial charge in [-0.2, -0.15) is 4.99 Å². The summed E-state index contributed by atoms with van der Waals surface area (Å²) < 4.78 is 12.2. The van der Waals surface area contributed by atoms with Gasteiger partial charge in [-0.15, -0.1) is 11.8 Å². The number of anilines is 4. The molecule has 0 bridgehead atoms. The van der Waals surface area contributed by atoms with E-state index in [0.29, 0.717) is 55.6 Å². The van der Waals surface area contributed by atoms with Crippen LogP contribution < -0.4 is 73.6 Å². The van der Waals surface area contributed by atoms with Gasteiger partial charge in [0, 0.05) is 172 Å². The molecule has 0 fully saturated rings. The first-order valence-corrected chi connectivity index (χ1v) is 43.5. The predicted octanol–water partition coefficient (Wildman–Crippen LogP) is 19.1. The number of rotatable bonds is 18. The van der Waals surface area contributed by atoms with Gasteiger partial charge in [0.25, 0.3) is 22.2 Å². The Morgan fingerprint density at radius 1 is 0.462 bits per heavy atom. The Morgan fingerprint density at radius 2 is 0.811 bits per heavy atom. The minimum atomic E-state index is -0.0785. The summed E-state index contributed by atoms with van der Waals surface area (Å²) >= 11 is 11.5. The number of nitrogens with zero attached hydrogens (tertiary/aromatic N) is 10. The number of pyridine rings is 8. The summed E-state index contributed by atoms with van der Waals surface area (Å²) in [5, 5.41) is 27.1. The molecule has 8 aromatic carbocycles. The number of isothiocyanates is 1. The fraction of sp³-hybridized carbons (Fsp3) is 0.143. The Kier molecular flexibility index (Phi) is 33.8. The molecule has 0 saturated carbocycles. The molecular formula is C105H99N14NaO9S3. The van der Waals surface area contributed by atoms with Gasteiger partial charge in [0.2, 0.25) is 0 Å². The molecule has 0 aliphatic carbocycles. The van der Waals surface area contributed by atoms with Crippen LogP contribution in [0.1, 0.15) is 92.3 Å². The number of hydrogen-bond donors (Lipinski definition) is 5. The van der Waals surface area contributed by atoms with E-state index in [1.54, 1.807) is 102 Å². The van der Waals surface area contributed by atoms with Crippen molar-refractivity contribution in [3.05, 3.63) is 388 Å². The van der Waals surface area contributed by atoms with Crippen molar-refractivity contribution in [2.45, 2.75) is 68.7 Å². The number of nitrogens with two attached hydrogens (primary N) is 1. The number of Topliss-reactive ketones (excluding diaryl/α,β-unsaturated/α-hetero) is 2. The van der Waals surface area contributed by atoms with Crippen LogP contribution in [-0.2, 0) is 28.2 Å². The fourth-order valence-corrected chi connectivity index (χ4v) is 15.5. The van der Waals surface area contributed by atoms with Gasteiger partial charge < -0.3 is 45.4 Å². The van der Waals surface area contributed by atoms with E-state index in [4.69, 9.17) is 21.9 Å². The summed E-state index contributed by atoms with van der Waals surface area (Å²) in [6, 6.07) is 77.6. The minimum absolute atomic E-state index is 0. The maximum atomic E-state index is 13.2. The number of ketones is 3. The number of hydrogen-bond acceptors (Lipinski definition) is 21. The largest absolute Gasteiger partial charge is 1.00 e. The van der Waals surface area contributed by atoms with Gasteiger partial charge in [-0.05, 0) is 222 Å². The first kappa shape index (κ1) is 98.3. The number of allylic oxidation sites excluding steroid dienone is 1. The van der Waals surface area contributed by atoms with Crippen molar-refractivity contribution in [2.75, 3.05) is 22.2 Å². The second kappa shape index (κ2) is 45.3. The molecule has 662 valence electrons. The van der Waals surface area contributed by atoms with Crippen LogP contribution in [0.2, 0.25) is 0 Å². The second-order valence-electron chi connectivity index (χ2n) is 31.1. The van der Waals surface area contributed by atoms with E-state index in [0.717, 1.165) is 144 Å². The number of carbonyl (C=O) groups is 3. The molecule has 0 saturated heterocycles. The number of carbonyl (C=O) groups excluding carboxylic acids is 3. The standard InChI is InChI=1S/C27H25N3O2S.C26H22N4O2.C26H23N3O2S.C18H15N3OS.C8H8O.H3NO.Na.H2.H/c1-17-10-11-21(29-26(33-4)15-25(31)19-8-6-5-7-9-19)14-22(17)23-13-20-16-28-18(2)12-24(20)30(3)27(23)32;1-16-9-10-20(28-25-14-24(32-29-25)18-7-5-4-6-8-18)13-21(16)22-12-19-15-27-17(2)11-23(19)30(3)26(22)31;1-16-9-10-20(28-25(32)14-24(30)18-7-5-4-6-8-18)13-21(16)22-12-19-15-27-17(2)11-23(19)29(3)26(22)31;1-11-4-5-14(20-10-23)8-15(11)16-7-13-9-19-12(2)6-17(13)21(3)18(16)22;1-7(9)8-5-3-2-4-6-8;1-2;;;/h5-16,29H,1-4H3;4-15H,1-3H3,(H,28,29);4-13,15H,14H2,1-3H3,(H,28,32);4-9H,1-3H3;2-6H,1H3;2H,1H2;;1H;/q;;;;;;+1;;-1/b26-15-;;;;;;;;/i;;;;;;;1+1;.